The molecule has 0 bridgehead atoms. The summed E-state index contributed by atoms with van der Waals surface area (Å²) < 4.78 is 5.14. The topological polar surface area (TPSA) is 93.5 Å². The fourth-order valence-electron chi connectivity index (χ4n) is 2.29. The summed E-state index contributed by atoms with van der Waals surface area (Å²) in [6, 6.07) is 6.65. The van der Waals surface area contributed by atoms with Gasteiger partial charge in [-0.25, -0.2) is 0 Å². The summed E-state index contributed by atoms with van der Waals surface area (Å²) in [4.78, 5) is 22.6. The van der Waals surface area contributed by atoms with Crippen molar-refractivity contribution in [2.24, 2.45) is 11.7 Å². The normalized spacial score (nSPS) is 18.0. The minimum atomic E-state index is -0.530. The number of carbonyl (C=O) groups is 2. The van der Waals surface area contributed by atoms with Crippen molar-refractivity contribution >= 4 is 11.8 Å². The summed E-state index contributed by atoms with van der Waals surface area (Å²) in [5.41, 5.74) is 5.57. The Balaban J connectivity index is 1.80. The Morgan fingerprint density at radius 1 is 1.33 bits per heavy atom. The summed E-state index contributed by atoms with van der Waals surface area (Å²) in [6.07, 6.45) is 2.31. The first-order valence-corrected chi connectivity index (χ1v) is 7.15. The quantitative estimate of drug-likeness (QED) is 0.702. The minimum absolute atomic E-state index is 0.0953. The van der Waals surface area contributed by atoms with Gasteiger partial charge < -0.3 is 21.1 Å². The standard InChI is InChI=1S/C15H21N3O3/c16-14(19)10-21-13-5-3-12(4-6-13)15(20)18-9-11-2-1-7-17-8-11/h3-6,11,17H,1-2,7-10H2,(H2,16,19)(H,18,20). The molecular weight excluding hydrogens is 270 g/mol. The number of piperidine rings is 1. The molecule has 6 heteroatoms. The summed E-state index contributed by atoms with van der Waals surface area (Å²) in [5, 5.41) is 6.27. The number of hydrogen-bond donors (Lipinski definition) is 3. The molecule has 4 N–H and O–H groups in total. The van der Waals surface area contributed by atoms with Crippen LogP contribution in [0.3, 0.4) is 0 Å². The summed E-state index contributed by atoms with van der Waals surface area (Å²) in [5.74, 6) is 0.391. The first kappa shape index (κ1) is 15.3. The maximum Gasteiger partial charge on any atom is 0.255 e. The van der Waals surface area contributed by atoms with Crippen molar-refractivity contribution in [2.45, 2.75) is 12.8 Å². The van der Waals surface area contributed by atoms with Crippen molar-refractivity contribution in [1.82, 2.24) is 10.6 Å². The third-order valence-corrected chi connectivity index (χ3v) is 3.45. The molecule has 114 valence electrons. The number of carbonyl (C=O) groups excluding carboxylic acids is 2. The number of rotatable bonds is 6. The van der Waals surface area contributed by atoms with Gasteiger partial charge in [0.05, 0.1) is 0 Å². The molecule has 6 nitrogen and oxygen atoms in total. The van der Waals surface area contributed by atoms with E-state index in [1.165, 1.54) is 0 Å². The van der Waals surface area contributed by atoms with E-state index < -0.39 is 5.91 Å². The summed E-state index contributed by atoms with van der Waals surface area (Å²) in [6.45, 7) is 2.55. The van der Waals surface area contributed by atoms with Gasteiger partial charge in [0, 0.05) is 12.1 Å². The maximum absolute atomic E-state index is 12.0. The Morgan fingerprint density at radius 2 is 2.10 bits per heavy atom. The smallest absolute Gasteiger partial charge is 0.255 e. The first-order chi connectivity index (χ1) is 10.1. The van der Waals surface area contributed by atoms with E-state index in [0.717, 1.165) is 25.9 Å². The first-order valence-electron chi connectivity index (χ1n) is 7.15. The molecule has 1 aliphatic heterocycles. The van der Waals surface area contributed by atoms with Gasteiger partial charge in [-0.3, -0.25) is 9.59 Å². The third kappa shape index (κ3) is 5.07. The van der Waals surface area contributed by atoms with Gasteiger partial charge in [0.15, 0.2) is 6.61 Å². The number of ether oxygens (including phenoxy) is 1. The molecule has 0 radical (unpaired) electrons. The molecular formula is C15H21N3O3. The van der Waals surface area contributed by atoms with Gasteiger partial charge in [-0.1, -0.05) is 0 Å². The molecule has 0 spiro atoms. The van der Waals surface area contributed by atoms with Crippen LogP contribution in [0.4, 0.5) is 0 Å². The average molecular weight is 291 g/mol. The van der Waals surface area contributed by atoms with Gasteiger partial charge in [-0.15, -0.1) is 0 Å². The predicted molar refractivity (Wildman–Crippen MR) is 79.1 cm³/mol. The molecule has 1 aliphatic rings. The molecule has 1 aromatic rings. The zero-order valence-electron chi connectivity index (χ0n) is 11.9. The number of benzene rings is 1. The Morgan fingerprint density at radius 3 is 2.71 bits per heavy atom. The van der Waals surface area contributed by atoms with Crippen LogP contribution in [0.15, 0.2) is 24.3 Å². The highest BCUT2D eigenvalue weighted by molar-refractivity contribution is 5.94. The molecule has 0 aromatic heterocycles. The van der Waals surface area contributed by atoms with Crippen LogP contribution in [0, 0.1) is 5.92 Å². The van der Waals surface area contributed by atoms with Gasteiger partial charge in [0.1, 0.15) is 5.75 Å². The Bertz CT molecular complexity index is 481. The Hall–Kier alpha value is -2.08. The molecule has 21 heavy (non-hydrogen) atoms. The monoisotopic (exact) mass is 291 g/mol. The van der Waals surface area contributed by atoms with Crippen LogP contribution in [0.5, 0.6) is 5.75 Å². The van der Waals surface area contributed by atoms with E-state index in [1.807, 2.05) is 0 Å². The van der Waals surface area contributed by atoms with Crippen molar-refractivity contribution in [1.29, 1.82) is 0 Å². The molecule has 0 saturated carbocycles. The van der Waals surface area contributed by atoms with Crippen LogP contribution in [0.1, 0.15) is 23.2 Å². The lowest BCUT2D eigenvalue weighted by molar-refractivity contribution is -0.119. The van der Waals surface area contributed by atoms with Crippen molar-refractivity contribution in [2.75, 3.05) is 26.2 Å². The maximum atomic E-state index is 12.0. The summed E-state index contributed by atoms with van der Waals surface area (Å²) in [7, 11) is 0. The Labute approximate surface area is 124 Å². The van der Waals surface area contributed by atoms with Crippen molar-refractivity contribution in [3.05, 3.63) is 29.8 Å². The molecule has 1 unspecified atom stereocenters. The largest absolute Gasteiger partial charge is 0.484 e. The number of primary amides is 1. The van der Waals surface area contributed by atoms with Gasteiger partial charge in [0.25, 0.3) is 11.8 Å². The molecule has 1 fully saturated rings. The van der Waals surface area contributed by atoms with E-state index >= 15 is 0 Å². The van der Waals surface area contributed by atoms with Crippen molar-refractivity contribution in [3.8, 4) is 5.75 Å². The lowest BCUT2D eigenvalue weighted by atomic mass is 10.00. The average Bonchev–Trinajstić information content (AvgIpc) is 2.52. The van der Waals surface area contributed by atoms with Crippen LogP contribution >= 0.6 is 0 Å². The van der Waals surface area contributed by atoms with Gasteiger partial charge in [-0.2, -0.15) is 0 Å². The van der Waals surface area contributed by atoms with E-state index in [4.69, 9.17) is 10.5 Å². The number of hydrogen-bond acceptors (Lipinski definition) is 4. The van der Waals surface area contributed by atoms with Crippen LogP contribution in [0.2, 0.25) is 0 Å². The lowest BCUT2D eigenvalue weighted by Crippen LogP contribution is -2.38. The summed E-state index contributed by atoms with van der Waals surface area (Å²) >= 11 is 0. The van der Waals surface area contributed by atoms with Crippen LogP contribution in [-0.4, -0.2) is 38.1 Å². The van der Waals surface area contributed by atoms with Crippen molar-refractivity contribution < 1.29 is 14.3 Å². The van der Waals surface area contributed by atoms with E-state index in [0.29, 0.717) is 23.8 Å². The molecule has 2 amide bonds. The third-order valence-electron chi connectivity index (χ3n) is 3.45. The molecule has 2 rings (SSSR count). The highest BCUT2D eigenvalue weighted by atomic mass is 16.5. The fourth-order valence-corrected chi connectivity index (χ4v) is 2.29. The van der Waals surface area contributed by atoms with E-state index in [2.05, 4.69) is 10.6 Å². The van der Waals surface area contributed by atoms with Crippen LogP contribution in [-0.2, 0) is 4.79 Å². The van der Waals surface area contributed by atoms with Gasteiger partial charge in [-0.05, 0) is 56.1 Å². The molecule has 1 aromatic carbocycles. The highest BCUT2D eigenvalue weighted by Gasteiger charge is 2.14. The zero-order chi connectivity index (χ0) is 15.1. The highest BCUT2D eigenvalue weighted by Crippen LogP contribution is 2.13. The van der Waals surface area contributed by atoms with Crippen molar-refractivity contribution in [3.63, 3.8) is 0 Å². The second kappa shape index (κ2) is 7.64. The van der Waals surface area contributed by atoms with E-state index in [1.54, 1.807) is 24.3 Å². The van der Waals surface area contributed by atoms with Gasteiger partial charge >= 0.3 is 0 Å². The van der Waals surface area contributed by atoms with Crippen LogP contribution < -0.4 is 21.1 Å². The predicted octanol–water partition coefficient (Wildman–Crippen LogP) is 0.280. The molecule has 1 saturated heterocycles. The van der Waals surface area contributed by atoms with Crippen LogP contribution in [0.25, 0.3) is 0 Å². The van der Waals surface area contributed by atoms with E-state index in [-0.39, 0.29) is 12.5 Å². The number of nitrogens with one attached hydrogen (secondary N) is 2. The molecule has 0 aliphatic carbocycles. The Kier molecular flexibility index (Phi) is 5.57. The van der Waals surface area contributed by atoms with E-state index in [9.17, 15) is 9.59 Å². The molecule has 1 heterocycles. The molecule has 1 atom stereocenters. The van der Waals surface area contributed by atoms with Gasteiger partial charge in [0.2, 0.25) is 0 Å². The second-order valence-electron chi connectivity index (χ2n) is 5.20. The number of nitrogens with two attached hydrogens (primary N) is 1. The second-order valence-corrected chi connectivity index (χ2v) is 5.20. The fraction of sp³-hybridized carbons (Fsp3) is 0.467. The SMILES string of the molecule is NC(=O)COc1ccc(C(=O)NCC2CCCNC2)cc1. The number of amides is 2. The minimum Gasteiger partial charge on any atom is -0.484 e. The lowest BCUT2D eigenvalue weighted by Gasteiger charge is -2.22. The zero-order valence-corrected chi connectivity index (χ0v) is 11.9.